The first-order chi connectivity index (χ1) is 12.6. The van der Waals surface area contributed by atoms with Crippen molar-refractivity contribution in [1.82, 2.24) is 19.6 Å². The summed E-state index contributed by atoms with van der Waals surface area (Å²) < 4.78 is 6.66. The number of nitrogen functional groups attached to an aromatic ring is 1. The zero-order valence-corrected chi connectivity index (χ0v) is 15.1. The first kappa shape index (κ1) is 17.5. The lowest BCUT2D eigenvalue weighted by Crippen LogP contribution is -2.10. The van der Waals surface area contributed by atoms with E-state index in [9.17, 15) is 0 Å². The third-order valence-corrected chi connectivity index (χ3v) is 4.24. The van der Waals surface area contributed by atoms with E-state index >= 15 is 0 Å². The number of nitrogens with zero attached hydrogens (tertiary/aromatic N) is 5. The molecule has 0 radical (unpaired) electrons. The fourth-order valence-corrected chi connectivity index (χ4v) is 2.85. The summed E-state index contributed by atoms with van der Waals surface area (Å²) in [6.07, 6.45) is 3.17. The van der Waals surface area contributed by atoms with E-state index < -0.39 is 0 Å². The second-order valence-corrected chi connectivity index (χ2v) is 5.83. The van der Waals surface area contributed by atoms with Gasteiger partial charge >= 0.3 is 0 Å². The Labute approximate surface area is 151 Å². The number of aromatic nitrogens is 4. The Hall–Kier alpha value is -3.34. The molecule has 0 saturated heterocycles. The summed E-state index contributed by atoms with van der Waals surface area (Å²) in [7, 11) is 1.61. The highest BCUT2D eigenvalue weighted by Crippen LogP contribution is 2.32. The summed E-state index contributed by atoms with van der Waals surface area (Å²) in [4.78, 5) is 12.5. The molecule has 0 saturated carbocycles. The van der Waals surface area contributed by atoms with Crippen LogP contribution >= 0.6 is 0 Å². The molecule has 3 aromatic heterocycles. The van der Waals surface area contributed by atoms with Crippen molar-refractivity contribution in [2.24, 2.45) is 0 Å². The molecule has 3 N–H and O–H groups in total. The van der Waals surface area contributed by atoms with Crippen LogP contribution in [0.3, 0.4) is 0 Å². The van der Waals surface area contributed by atoms with Crippen molar-refractivity contribution in [2.75, 3.05) is 24.7 Å². The number of aryl methyl sites for hydroxylation is 2. The van der Waals surface area contributed by atoms with E-state index in [2.05, 4.69) is 25.2 Å². The van der Waals surface area contributed by atoms with Crippen molar-refractivity contribution < 1.29 is 4.74 Å². The van der Waals surface area contributed by atoms with E-state index in [1.165, 1.54) is 0 Å². The van der Waals surface area contributed by atoms with E-state index in [0.717, 1.165) is 29.1 Å². The van der Waals surface area contributed by atoms with Gasteiger partial charge in [-0.05, 0) is 25.5 Å². The Morgan fingerprint density at radius 2 is 2.19 bits per heavy atom. The van der Waals surface area contributed by atoms with Gasteiger partial charge in [0, 0.05) is 24.2 Å². The van der Waals surface area contributed by atoms with Crippen molar-refractivity contribution in [3.63, 3.8) is 0 Å². The smallest absolute Gasteiger partial charge is 0.268 e. The van der Waals surface area contributed by atoms with Crippen LogP contribution in [0.4, 0.5) is 17.3 Å². The average Bonchev–Trinajstić information content (AvgIpc) is 2.98. The molecule has 134 valence electrons. The highest BCUT2D eigenvalue weighted by Gasteiger charge is 2.18. The molecule has 0 aliphatic carbocycles. The molecule has 0 fully saturated rings. The number of hydrogen-bond donors (Lipinski definition) is 2. The van der Waals surface area contributed by atoms with Gasteiger partial charge in [-0.15, -0.1) is 0 Å². The molecular formula is C18H21N7O. The van der Waals surface area contributed by atoms with Crippen molar-refractivity contribution >= 4 is 23.0 Å². The summed E-state index contributed by atoms with van der Waals surface area (Å²) in [6, 6.07) is 3.79. The van der Waals surface area contributed by atoms with E-state index in [1.807, 2.05) is 26.0 Å². The second kappa shape index (κ2) is 7.27. The average molecular weight is 351 g/mol. The maximum absolute atomic E-state index is 7.45. The maximum Gasteiger partial charge on any atom is 0.268 e. The normalized spacial score (nSPS) is 10.7. The molecular weight excluding hydrogens is 330 g/mol. The highest BCUT2D eigenvalue weighted by atomic mass is 16.5. The van der Waals surface area contributed by atoms with E-state index in [4.69, 9.17) is 17.0 Å². The zero-order chi connectivity index (χ0) is 18.7. The summed E-state index contributed by atoms with van der Waals surface area (Å²) in [5.74, 6) is 1.51. The van der Waals surface area contributed by atoms with Gasteiger partial charge in [-0.1, -0.05) is 6.92 Å². The molecule has 0 spiro atoms. The Morgan fingerprint density at radius 3 is 2.81 bits per heavy atom. The van der Waals surface area contributed by atoms with Gasteiger partial charge in [-0.3, -0.25) is 4.98 Å². The Morgan fingerprint density at radius 1 is 1.38 bits per heavy atom. The lowest BCUT2D eigenvalue weighted by atomic mass is 10.2. The van der Waals surface area contributed by atoms with Gasteiger partial charge in [-0.2, -0.15) is 5.10 Å². The molecule has 3 aromatic rings. The lowest BCUT2D eigenvalue weighted by Gasteiger charge is -2.11. The molecule has 0 unspecified atom stereocenters. The molecule has 26 heavy (non-hydrogen) atoms. The monoisotopic (exact) mass is 351 g/mol. The van der Waals surface area contributed by atoms with Crippen LogP contribution < -0.4 is 15.8 Å². The molecule has 8 nitrogen and oxygen atoms in total. The predicted octanol–water partition coefficient (Wildman–Crippen LogP) is 2.79. The number of nitrogens with one attached hydrogen (secondary N) is 1. The van der Waals surface area contributed by atoms with Crippen molar-refractivity contribution in [2.45, 2.75) is 26.7 Å². The fraction of sp³-hybridized carbons (Fsp3) is 0.333. The number of ether oxygens (including phenoxy) is 1. The Balaban J connectivity index is 1.85. The van der Waals surface area contributed by atoms with Crippen LogP contribution in [-0.2, 0) is 12.8 Å². The molecule has 3 rings (SSSR count). The van der Waals surface area contributed by atoms with Crippen LogP contribution in [0.5, 0.6) is 5.75 Å². The van der Waals surface area contributed by atoms with Crippen LogP contribution in [0.1, 0.15) is 23.9 Å². The number of rotatable bonds is 6. The van der Waals surface area contributed by atoms with Crippen LogP contribution in [0.25, 0.3) is 10.5 Å². The SMILES string of the molecule is [C-]#[N+]c1c(NCCc2ccc(OC)cn2)nc2c(CC)c(C)nn2c1N. The number of pyridine rings is 1. The number of methoxy groups -OCH3 is 1. The third kappa shape index (κ3) is 3.11. The summed E-state index contributed by atoms with van der Waals surface area (Å²) in [5, 5.41) is 7.63. The number of hydrogen-bond acceptors (Lipinski definition) is 6. The quantitative estimate of drug-likeness (QED) is 0.663. The third-order valence-electron chi connectivity index (χ3n) is 4.24. The van der Waals surface area contributed by atoms with Gasteiger partial charge in [0.25, 0.3) is 5.69 Å². The molecule has 3 heterocycles. The van der Waals surface area contributed by atoms with Gasteiger partial charge in [0.15, 0.2) is 5.65 Å². The van der Waals surface area contributed by atoms with Crippen LogP contribution in [0.2, 0.25) is 0 Å². The zero-order valence-electron chi connectivity index (χ0n) is 15.1. The van der Waals surface area contributed by atoms with Gasteiger partial charge in [0.05, 0.1) is 25.6 Å². The number of fused-ring (bicyclic) bond motifs is 1. The maximum atomic E-state index is 7.45. The molecule has 0 atom stereocenters. The minimum atomic E-state index is 0.283. The first-order valence-corrected chi connectivity index (χ1v) is 8.37. The second-order valence-electron chi connectivity index (χ2n) is 5.83. The standard InChI is InChI=1S/C18H21N7O/c1-5-14-11(2)24-25-16(19)15(20-3)17(23-18(14)25)21-9-8-12-6-7-13(26-4)10-22-12/h6-7,10H,5,8-9,19H2,1-2,4H3,(H,21,23). The lowest BCUT2D eigenvalue weighted by molar-refractivity contribution is 0.412. The van der Waals surface area contributed by atoms with Crippen LogP contribution in [0, 0.1) is 13.5 Å². The van der Waals surface area contributed by atoms with E-state index in [1.54, 1.807) is 17.8 Å². The van der Waals surface area contributed by atoms with Crippen LogP contribution in [0.15, 0.2) is 18.3 Å². The van der Waals surface area contributed by atoms with Gasteiger partial charge in [-0.25, -0.2) is 14.3 Å². The van der Waals surface area contributed by atoms with Gasteiger partial charge < -0.3 is 15.8 Å². The molecule has 8 heteroatoms. The molecule has 0 bridgehead atoms. The fourth-order valence-electron chi connectivity index (χ4n) is 2.85. The summed E-state index contributed by atoms with van der Waals surface area (Å²) in [5.41, 5.74) is 9.97. The predicted molar refractivity (Wildman–Crippen MR) is 101 cm³/mol. The molecule has 0 aliphatic heterocycles. The Bertz CT molecular complexity index is 970. The van der Waals surface area contributed by atoms with Crippen LogP contribution in [-0.4, -0.2) is 33.2 Å². The number of nitrogens with two attached hydrogens (primary N) is 1. The summed E-state index contributed by atoms with van der Waals surface area (Å²) in [6.45, 7) is 12.0. The number of anilines is 2. The topological polar surface area (TPSA) is 94.7 Å². The molecule has 0 amide bonds. The van der Waals surface area contributed by atoms with Gasteiger partial charge in [0.1, 0.15) is 17.4 Å². The Kier molecular flexibility index (Phi) is 4.89. The minimum absolute atomic E-state index is 0.283. The molecule has 0 aliphatic rings. The van der Waals surface area contributed by atoms with Crippen molar-refractivity contribution in [1.29, 1.82) is 0 Å². The first-order valence-electron chi connectivity index (χ1n) is 8.37. The largest absolute Gasteiger partial charge is 0.495 e. The van der Waals surface area contributed by atoms with Gasteiger partial charge in [0.2, 0.25) is 0 Å². The van der Waals surface area contributed by atoms with E-state index in [-0.39, 0.29) is 5.69 Å². The van der Waals surface area contributed by atoms with E-state index in [0.29, 0.717) is 30.2 Å². The van der Waals surface area contributed by atoms with Crippen molar-refractivity contribution in [3.05, 3.63) is 46.7 Å². The highest BCUT2D eigenvalue weighted by molar-refractivity contribution is 5.80. The van der Waals surface area contributed by atoms with Crippen molar-refractivity contribution in [3.8, 4) is 5.75 Å². The minimum Gasteiger partial charge on any atom is -0.495 e. The molecule has 0 aromatic carbocycles. The summed E-state index contributed by atoms with van der Waals surface area (Å²) >= 11 is 0.